The second-order valence-corrected chi connectivity index (χ2v) is 7.35. The zero-order valence-corrected chi connectivity index (χ0v) is 13.9. The van der Waals surface area contributed by atoms with Gasteiger partial charge in [0, 0.05) is 12.1 Å². The number of sulfonamides is 1. The molecule has 0 saturated heterocycles. The van der Waals surface area contributed by atoms with Crippen molar-refractivity contribution < 1.29 is 17.9 Å². The molecule has 0 spiro atoms. The van der Waals surface area contributed by atoms with E-state index in [1.165, 1.54) is 12.1 Å². The van der Waals surface area contributed by atoms with E-state index in [4.69, 9.17) is 9.47 Å². The molecule has 0 aliphatic carbocycles. The summed E-state index contributed by atoms with van der Waals surface area (Å²) in [6.07, 6.45) is 0.843. The summed E-state index contributed by atoms with van der Waals surface area (Å²) in [7, 11) is -3.62. The predicted molar refractivity (Wildman–Crippen MR) is 88.7 cm³/mol. The summed E-state index contributed by atoms with van der Waals surface area (Å²) in [5, 5.41) is 0. The van der Waals surface area contributed by atoms with E-state index in [-0.39, 0.29) is 11.0 Å². The van der Waals surface area contributed by atoms with Crippen LogP contribution in [-0.2, 0) is 16.4 Å². The molecule has 0 amide bonds. The highest BCUT2D eigenvalue weighted by molar-refractivity contribution is 7.92. The van der Waals surface area contributed by atoms with Crippen molar-refractivity contribution in [3.63, 3.8) is 0 Å². The van der Waals surface area contributed by atoms with Crippen LogP contribution >= 0.6 is 0 Å². The minimum atomic E-state index is -3.62. The lowest BCUT2D eigenvalue weighted by Crippen LogP contribution is -2.13. The summed E-state index contributed by atoms with van der Waals surface area (Å²) in [5.74, 6) is 1.47. The summed E-state index contributed by atoms with van der Waals surface area (Å²) in [6.45, 7) is 4.48. The van der Waals surface area contributed by atoms with E-state index in [9.17, 15) is 8.42 Å². The minimum Gasteiger partial charge on any atom is -0.493 e. The Balaban J connectivity index is 1.78. The van der Waals surface area contributed by atoms with Gasteiger partial charge in [0.25, 0.3) is 10.0 Å². The van der Waals surface area contributed by atoms with E-state index in [1.54, 1.807) is 24.3 Å². The molecule has 0 radical (unpaired) electrons. The van der Waals surface area contributed by atoms with Crippen LogP contribution in [0.1, 0.15) is 19.4 Å². The fourth-order valence-corrected chi connectivity index (χ4v) is 3.48. The maximum Gasteiger partial charge on any atom is 0.261 e. The molecule has 0 atom stereocenters. The Bertz CT molecular complexity index is 798. The molecule has 2 aromatic carbocycles. The van der Waals surface area contributed by atoms with Crippen molar-refractivity contribution in [3.8, 4) is 11.5 Å². The summed E-state index contributed by atoms with van der Waals surface area (Å²) in [6, 6.07) is 11.7. The van der Waals surface area contributed by atoms with Gasteiger partial charge in [0.15, 0.2) is 0 Å². The van der Waals surface area contributed by atoms with Crippen LogP contribution in [0.5, 0.6) is 11.5 Å². The predicted octanol–water partition coefficient (Wildman–Crippen LogP) is 3.21. The molecule has 1 heterocycles. The molecule has 6 heteroatoms. The van der Waals surface area contributed by atoms with Gasteiger partial charge in [-0.3, -0.25) is 4.72 Å². The average molecular weight is 333 g/mol. The molecule has 23 heavy (non-hydrogen) atoms. The van der Waals surface area contributed by atoms with Gasteiger partial charge in [-0.05, 0) is 61.9 Å². The first kappa shape index (κ1) is 15.7. The van der Waals surface area contributed by atoms with Gasteiger partial charge in [0.1, 0.15) is 11.5 Å². The second kappa shape index (κ2) is 6.12. The van der Waals surface area contributed by atoms with Gasteiger partial charge in [-0.2, -0.15) is 0 Å². The highest BCUT2D eigenvalue weighted by Gasteiger charge is 2.17. The number of hydrogen-bond donors (Lipinski definition) is 1. The molecule has 0 bridgehead atoms. The lowest BCUT2D eigenvalue weighted by molar-refractivity contribution is 0.242. The summed E-state index contributed by atoms with van der Waals surface area (Å²) in [4.78, 5) is 0.199. The maximum absolute atomic E-state index is 12.5. The molecule has 1 aliphatic heterocycles. The minimum absolute atomic E-state index is 0.0456. The number of anilines is 1. The number of rotatable bonds is 5. The fraction of sp³-hybridized carbons (Fsp3) is 0.294. The van der Waals surface area contributed by atoms with Crippen molar-refractivity contribution >= 4 is 15.7 Å². The molecule has 2 aromatic rings. The summed E-state index contributed by atoms with van der Waals surface area (Å²) < 4.78 is 38.4. The largest absolute Gasteiger partial charge is 0.493 e. The lowest BCUT2D eigenvalue weighted by Gasteiger charge is -2.12. The maximum atomic E-state index is 12.5. The number of benzene rings is 2. The molecule has 0 unspecified atom stereocenters. The quantitative estimate of drug-likeness (QED) is 0.912. The van der Waals surface area contributed by atoms with Crippen LogP contribution in [0.3, 0.4) is 0 Å². The van der Waals surface area contributed by atoms with Crippen LogP contribution in [0.25, 0.3) is 0 Å². The number of fused-ring (bicyclic) bond motifs is 1. The van der Waals surface area contributed by atoms with Crippen molar-refractivity contribution in [2.75, 3.05) is 11.3 Å². The van der Waals surface area contributed by atoms with Crippen LogP contribution < -0.4 is 14.2 Å². The normalized spacial score (nSPS) is 13.5. The highest BCUT2D eigenvalue weighted by Crippen LogP contribution is 2.29. The van der Waals surface area contributed by atoms with Crippen LogP contribution in [0.4, 0.5) is 5.69 Å². The smallest absolute Gasteiger partial charge is 0.261 e. The van der Waals surface area contributed by atoms with E-state index >= 15 is 0 Å². The van der Waals surface area contributed by atoms with E-state index in [0.29, 0.717) is 18.0 Å². The number of nitrogens with one attached hydrogen (secondary N) is 1. The standard InChI is InChI=1S/C17H19NO4S/c1-12(2)22-15-4-6-16(7-5-15)23(19,20)18-14-3-8-17-13(11-14)9-10-21-17/h3-8,11-12,18H,9-10H2,1-2H3. The molecular weight excluding hydrogens is 314 g/mol. The Kier molecular flexibility index (Phi) is 4.17. The van der Waals surface area contributed by atoms with Crippen molar-refractivity contribution in [2.45, 2.75) is 31.3 Å². The Morgan fingerprint density at radius 1 is 1.13 bits per heavy atom. The number of hydrogen-bond acceptors (Lipinski definition) is 4. The SMILES string of the molecule is CC(C)Oc1ccc(S(=O)(=O)Nc2ccc3c(c2)CCO3)cc1. The van der Waals surface area contributed by atoms with Crippen LogP contribution in [-0.4, -0.2) is 21.1 Å². The lowest BCUT2D eigenvalue weighted by atomic mass is 10.1. The third-order valence-corrected chi connectivity index (χ3v) is 4.84. The van der Waals surface area contributed by atoms with Gasteiger partial charge in [0.2, 0.25) is 0 Å². The van der Waals surface area contributed by atoms with Crippen molar-refractivity contribution in [1.82, 2.24) is 0 Å². The van der Waals surface area contributed by atoms with Gasteiger partial charge in [-0.1, -0.05) is 0 Å². The van der Waals surface area contributed by atoms with E-state index in [1.807, 2.05) is 19.9 Å². The molecule has 0 fully saturated rings. The third-order valence-electron chi connectivity index (χ3n) is 3.45. The molecule has 122 valence electrons. The van der Waals surface area contributed by atoms with Crippen molar-refractivity contribution in [1.29, 1.82) is 0 Å². The zero-order chi connectivity index (χ0) is 16.4. The number of ether oxygens (including phenoxy) is 2. The third kappa shape index (κ3) is 3.59. The zero-order valence-electron chi connectivity index (χ0n) is 13.1. The van der Waals surface area contributed by atoms with Crippen LogP contribution in [0.15, 0.2) is 47.4 Å². The Morgan fingerprint density at radius 2 is 1.87 bits per heavy atom. The highest BCUT2D eigenvalue weighted by atomic mass is 32.2. The van der Waals surface area contributed by atoms with Crippen molar-refractivity contribution in [2.24, 2.45) is 0 Å². The van der Waals surface area contributed by atoms with Gasteiger partial charge < -0.3 is 9.47 Å². The average Bonchev–Trinajstić information content (AvgIpc) is 2.94. The van der Waals surface area contributed by atoms with Gasteiger partial charge in [-0.25, -0.2) is 8.42 Å². The first-order valence-electron chi connectivity index (χ1n) is 7.49. The Hall–Kier alpha value is -2.21. The topological polar surface area (TPSA) is 64.6 Å². The first-order valence-corrected chi connectivity index (χ1v) is 8.98. The monoisotopic (exact) mass is 333 g/mol. The molecule has 0 saturated carbocycles. The molecule has 5 nitrogen and oxygen atoms in total. The van der Waals surface area contributed by atoms with E-state index < -0.39 is 10.0 Å². The molecular formula is C17H19NO4S. The van der Waals surface area contributed by atoms with E-state index in [2.05, 4.69) is 4.72 Å². The van der Waals surface area contributed by atoms with Gasteiger partial charge in [-0.15, -0.1) is 0 Å². The summed E-state index contributed by atoms with van der Waals surface area (Å²) >= 11 is 0. The van der Waals surface area contributed by atoms with E-state index in [0.717, 1.165) is 17.7 Å². The molecule has 0 aromatic heterocycles. The molecule has 1 N–H and O–H groups in total. The van der Waals surface area contributed by atoms with Gasteiger partial charge in [0.05, 0.1) is 17.6 Å². The Labute approximate surface area is 136 Å². The van der Waals surface area contributed by atoms with Gasteiger partial charge >= 0.3 is 0 Å². The molecule has 3 rings (SSSR count). The van der Waals surface area contributed by atoms with Crippen LogP contribution in [0.2, 0.25) is 0 Å². The molecule has 1 aliphatic rings. The fourth-order valence-electron chi connectivity index (χ4n) is 2.43. The summed E-state index contributed by atoms with van der Waals surface area (Å²) in [5.41, 5.74) is 1.56. The Morgan fingerprint density at radius 3 is 2.57 bits per heavy atom. The second-order valence-electron chi connectivity index (χ2n) is 5.66. The first-order chi connectivity index (χ1) is 10.9. The van der Waals surface area contributed by atoms with Crippen molar-refractivity contribution in [3.05, 3.63) is 48.0 Å². The van der Waals surface area contributed by atoms with Crippen LogP contribution in [0, 0.1) is 0 Å².